The van der Waals surface area contributed by atoms with Gasteiger partial charge in [-0.15, -0.1) is 0 Å². The van der Waals surface area contributed by atoms with Crippen molar-refractivity contribution in [1.82, 2.24) is 15.0 Å². The lowest BCUT2D eigenvalue weighted by Gasteiger charge is -2.07. The highest BCUT2D eigenvalue weighted by Gasteiger charge is 2.14. The van der Waals surface area contributed by atoms with Crippen molar-refractivity contribution in [3.8, 4) is 11.6 Å². The Balaban J connectivity index is 2.43. The summed E-state index contributed by atoms with van der Waals surface area (Å²) in [7, 11) is 0. The smallest absolute Gasteiger partial charge is 0.339 e. The van der Waals surface area contributed by atoms with Gasteiger partial charge in [0.25, 0.3) is 5.56 Å². The number of halogens is 1. The summed E-state index contributed by atoms with van der Waals surface area (Å²) >= 11 is 1.76. The van der Waals surface area contributed by atoms with Crippen LogP contribution < -0.4 is 10.3 Å². The van der Waals surface area contributed by atoms with Crippen LogP contribution in [0.3, 0.4) is 0 Å². The summed E-state index contributed by atoms with van der Waals surface area (Å²) in [5.74, 6) is -1.08. The van der Waals surface area contributed by atoms with E-state index in [0.717, 1.165) is 0 Å². The molecule has 2 heterocycles. The molecule has 92 valence electrons. The van der Waals surface area contributed by atoms with Crippen LogP contribution in [-0.4, -0.2) is 26.0 Å². The van der Waals surface area contributed by atoms with E-state index in [1.54, 1.807) is 22.6 Å². The van der Waals surface area contributed by atoms with Gasteiger partial charge >= 0.3 is 5.97 Å². The Morgan fingerprint density at radius 3 is 3.00 bits per heavy atom. The lowest BCUT2D eigenvalue weighted by molar-refractivity contribution is 0.0694. The number of aromatic carboxylic acids is 1. The Morgan fingerprint density at radius 2 is 2.28 bits per heavy atom. The van der Waals surface area contributed by atoms with Gasteiger partial charge in [0.1, 0.15) is 9.13 Å². The number of nitrogens with one attached hydrogen (secondary N) is 1. The van der Waals surface area contributed by atoms with Crippen LogP contribution in [-0.2, 0) is 0 Å². The molecule has 0 aliphatic heterocycles. The number of hydrogen-bond donors (Lipinski definition) is 2. The Bertz CT molecular complexity index is 656. The maximum atomic E-state index is 11.3. The molecule has 0 aliphatic carbocycles. The van der Waals surface area contributed by atoms with Gasteiger partial charge < -0.3 is 14.8 Å². The van der Waals surface area contributed by atoms with Crippen LogP contribution in [0.1, 0.15) is 10.4 Å². The minimum atomic E-state index is -1.15. The van der Waals surface area contributed by atoms with Gasteiger partial charge in [0.2, 0.25) is 5.88 Å². The van der Waals surface area contributed by atoms with E-state index in [2.05, 4.69) is 15.0 Å². The van der Waals surface area contributed by atoms with Crippen molar-refractivity contribution >= 4 is 28.6 Å². The third kappa shape index (κ3) is 2.47. The second-order valence-electron chi connectivity index (χ2n) is 3.13. The van der Waals surface area contributed by atoms with Crippen molar-refractivity contribution in [3.63, 3.8) is 0 Å². The van der Waals surface area contributed by atoms with Gasteiger partial charge in [-0.2, -0.15) is 0 Å². The number of nitrogens with zero attached hydrogens (tertiary/aromatic N) is 2. The molecule has 2 N–H and O–H groups in total. The average molecular weight is 359 g/mol. The average Bonchev–Trinajstić information content (AvgIpc) is 2.35. The molecule has 0 fully saturated rings. The van der Waals surface area contributed by atoms with E-state index in [4.69, 9.17) is 9.84 Å². The summed E-state index contributed by atoms with van der Waals surface area (Å²) in [6, 6.07) is 1.30. The number of carbonyl (C=O) groups is 1. The third-order valence-corrected chi connectivity index (χ3v) is 2.94. The van der Waals surface area contributed by atoms with Crippen LogP contribution in [0.2, 0.25) is 0 Å². The summed E-state index contributed by atoms with van der Waals surface area (Å²) in [6.07, 6.45) is 3.77. The summed E-state index contributed by atoms with van der Waals surface area (Å²) in [5.41, 5.74) is -0.413. The highest BCUT2D eigenvalue weighted by atomic mass is 127. The zero-order chi connectivity index (χ0) is 13.1. The molecule has 0 saturated carbocycles. The van der Waals surface area contributed by atoms with Gasteiger partial charge in [-0.25, -0.2) is 9.78 Å². The number of hydrogen-bond acceptors (Lipinski definition) is 5. The molecule has 18 heavy (non-hydrogen) atoms. The predicted molar refractivity (Wildman–Crippen MR) is 68.8 cm³/mol. The quantitative estimate of drug-likeness (QED) is 0.800. The fourth-order valence-electron chi connectivity index (χ4n) is 1.18. The van der Waals surface area contributed by atoms with Crippen molar-refractivity contribution in [2.45, 2.75) is 0 Å². The van der Waals surface area contributed by atoms with Crippen molar-refractivity contribution in [3.05, 3.63) is 44.3 Å². The fourth-order valence-corrected chi connectivity index (χ4v) is 1.59. The second kappa shape index (κ2) is 5.12. The first-order valence-electron chi connectivity index (χ1n) is 4.68. The molecule has 0 radical (unpaired) electrons. The molecule has 7 nitrogen and oxygen atoms in total. The zero-order valence-electron chi connectivity index (χ0n) is 8.75. The monoisotopic (exact) mass is 359 g/mol. The number of aromatic nitrogens is 3. The Labute approximate surface area is 114 Å². The van der Waals surface area contributed by atoms with E-state index in [9.17, 15) is 9.59 Å². The van der Waals surface area contributed by atoms with Crippen LogP contribution in [0.25, 0.3) is 0 Å². The number of ether oxygens (including phenoxy) is 1. The van der Waals surface area contributed by atoms with Crippen molar-refractivity contribution in [1.29, 1.82) is 0 Å². The molecule has 2 aromatic heterocycles. The number of carboxylic acid groups (broad SMARTS) is 1. The molecule has 0 aliphatic rings. The molecule has 0 aromatic carbocycles. The lowest BCUT2D eigenvalue weighted by Crippen LogP contribution is -2.12. The Morgan fingerprint density at radius 1 is 1.50 bits per heavy atom. The van der Waals surface area contributed by atoms with Crippen molar-refractivity contribution < 1.29 is 14.6 Å². The lowest BCUT2D eigenvalue weighted by atomic mass is 10.2. The summed E-state index contributed by atoms with van der Waals surface area (Å²) in [6.45, 7) is 0. The summed E-state index contributed by atoms with van der Waals surface area (Å²) in [4.78, 5) is 32.3. The maximum absolute atomic E-state index is 11.3. The van der Waals surface area contributed by atoms with E-state index >= 15 is 0 Å². The minimum Gasteiger partial charge on any atom is -0.478 e. The molecule has 0 atom stereocenters. The highest BCUT2D eigenvalue weighted by molar-refractivity contribution is 14.1. The predicted octanol–water partition coefficient (Wildman–Crippen LogP) is 1.26. The molecule has 0 spiro atoms. The van der Waals surface area contributed by atoms with Crippen molar-refractivity contribution in [2.75, 3.05) is 0 Å². The van der Waals surface area contributed by atoms with E-state index < -0.39 is 5.97 Å². The third-order valence-electron chi connectivity index (χ3n) is 1.99. The topological polar surface area (TPSA) is 105 Å². The first kappa shape index (κ1) is 12.5. The maximum Gasteiger partial charge on any atom is 0.339 e. The molecule has 0 bridgehead atoms. The van der Waals surface area contributed by atoms with Crippen LogP contribution >= 0.6 is 22.6 Å². The van der Waals surface area contributed by atoms with Gasteiger partial charge in [0.15, 0.2) is 5.75 Å². The van der Waals surface area contributed by atoms with Crippen LogP contribution in [0.15, 0.2) is 29.6 Å². The molecule has 0 unspecified atom stereocenters. The van der Waals surface area contributed by atoms with Crippen LogP contribution in [0.5, 0.6) is 11.6 Å². The van der Waals surface area contributed by atoms with Crippen LogP contribution in [0.4, 0.5) is 0 Å². The first-order valence-corrected chi connectivity index (χ1v) is 5.76. The summed E-state index contributed by atoms with van der Waals surface area (Å²) < 4.78 is 5.53. The minimum absolute atomic E-state index is 0.0287. The van der Waals surface area contributed by atoms with Gasteiger partial charge in [0.05, 0.1) is 12.5 Å². The summed E-state index contributed by atoms with van der Waals surface area (Å²) in [5, 5.41) is 8.97. The van der Waals surface area contributed by atoms with Gasteiger partial charge in [-0.1, -0.05) is 0 Å². The number of rotatable bonds is 3. The Kier molecular flexibility index (Phi) is 3.55. The number of aromatic amines is 1. The van der Waals surface area contributed by atoms with Crippen molar-refractivity contribution in [2.24, 2.45) is 0 Å². The number of pyridine rings is 1. The molecule has 8 heteroatoms. The normalized spacial score (nSPS) is 10.1. The van der Waals surface area contributed by atoms with E-state index in [1.165, 1.54) is 24.8 Å². The van der Waals surface area contributed by atoms with E-state index in [0.29, 0.717) is 0 Å². The Hall–Kier alpha value is -1.97. The van der Waals surface area contributed by atoms with Gasteiger partial charge in [-0.3, -0.25) is 9.78 Å². The zero-order valence-corrected chi connectivity index (χ0v) is 10.9. The molecular weight excluding hydrogens is 353 g/mol. The van der Waals surface area contributed by atoms with Crippen LogP contribution in [0, 0.1) is 3.57 Å². The molecule has 0 saturated heterocycles. The first-order chi connectivity index (χ1) is 8.59. The number of carboxylic acids is 1. The number of H-pyrrole nitrogens is 1. The second-order valence-corrected chi connectivity index (χ2v) is 4.21. The van der Waals surface area contributed by atoms with E-state index in [1.807, 2.05) is 0 Å². The fraction of sp³-hybridized carbons (Fsp3) is 0. The molecule has 2 aromatic rings. The van der Waals surface area contributed by atoms with Gasteiger partial charge in [-0.05, 0) is 28.7 Å². The SMILES string of the molecule is O=C(O)c1ccncc1Oc1nc[nH]c(=O)c1I. The van der Waals surface area contributed by atoms with Gasteiger partial charge in [0, 0.05) is 6.20 Å². The highest BCUT2D eigenvalue weighted by Crippen LogP contribution is 2.24. The molecule has 0 amide bonds. The van der Waals surface area contributed by atoms with E-state index in [-0.39, 0.29) is 26.3 Å². The molecule has 2 rings (SSSR count). The largest absolute Gasteiger partial charge is 0.478 e. The standard InChI is InChI=1S/C10H6IN3O4/c11-7-8(15)13-4-14-9(7)18-6-3-12-2-1-5(6)10(16)17/h1-4H,(H,16,17)(H,13,14,15). The molecular formula is C10H6IN3O4.